The van der Waals surface area contributed by atoms with E-state index >= 15 is 0 Å². The van der Waals surface area contributed by atoms with E-state index in [0.717, 1.165) is 24.3 Å². The van der Waals surface area contributed by atoms with E-state index in [1.807, 2.05) is 0 Å². The molecule has 0 N–H and O–H groups in total. The van der Waals surface area contributed by atoms with E-state index in [2.05, 4.69) is 20.7 Å². The molecule has 2 aromatic rings. The molecular formula is C14H6BrF7O. The second-order valence-electron chi connectivity index (χ2n) is 4.29. The molecular weight excluding hydrogens is 397 g/mol. The molecule has 0 saturated heterocycles. The lowest BCUT2D eigenvalue weighted by Crippen LogP contribution is -2.18. The van der Waals surface area contributed by atoms with Gasteiger partial charge in [-0.25, -0.2) is 17.6 Å². The van der Waals surface area contributed by atoms with Crippen LogP contribution >= 0.6 is 15.9 Å². The lowest BCUT2D eigenvalue weighted by molar-refractivity contribution is -0.274. The third-order valence-corrected chi connectivity index (χ3v) is 3.43. The molecule has 0 aromatic heterocycles. The minimum absolute atomic E-state index is 0.514. The molecule has 0 aliphatic rings. The van der Waals surface area contributed by atoms with Gasteiger partial charge in [-0.2, -0.15) is 0 Å². The summed E-state index contributed by atoms with van der Waals surface area (Å²) in [5.41, 5.74) is -2.94. The monoisotopic (exact) mass is 402 g/mol. The van der Waals surface area contributed by atoms with Crippen molar-refractivity contribution in [1.82, 2.24) is 0 Å². The van der Waals surface area contributed by atoms with Crippen LogP contribution in [0.25, 0.3) is 11.1 Å². The number of ether oxygens (including phenoxy) is 1. The molecule has 0 fully saturated rings. The molecule has 1 nitrogen and oxygen atoms in total. The number of benzene rings is 2. The van der Waals surface area contributed by atoms with Crippen LogP contribution in [0.15, 0.2) is 24.3 Å². The highest BCUT2D eigenvalue weighted by Crippen LogP contribution is 2.39. The van der Waals surface area contributed by atoms with Crippen molar-refractivity contribution >= 4 is 15.9 Å². The van der Waals surface area contributed by atoms with Gasteiger partial charge in [0, 0.05) is 16.5 Å². The van der Waals surface area contributed by atoms with E-state index in [-0.39, 0.29) is 0 Å². The molecule has 0 heterocycles. The van der Waals surface area contributed by atoms with E-state index in [1.165, 1.54) is 0 Å². The maximum Gasteiger partial charge on any atom is 0.573 e. The smallest absolute Gasteiger partial charge is 0.405 e. The first kappa shape index (κ1) is 17.6. The molecule has 124 valence electrons. The first-order valence-electron chi connectivity index (χ1n) is 5.93. The standard InChI is InChI=1S/C14H6BrF7O/c15-5-7-10(16)12(18)9(13(19)11(7)17)6-3-1-2-4-8(6)23-14(20,21)22/h1-4H,5H2. The average Bonchev–Trinajstić information content (AvgIpc) is 2.46. The summed E-state index contributed by atoms with van der Waals surface area (Å²) < 4.78 is 96.4. The Balaban J connectivity index is 2.74. The molecule has 2 aromatic carbocycles. The SMILES string of the molecule is Fc1c(F)c(-c2ccccc2OC(F)(F)F)c(F)c(F)c1CBr. The van der Waals surface area contributed by atoms with Crippen molar-refractivity contribution in [2.24, 2.45) is 0 Å². The Hall–Kier alpha value is -1.77. The summed E-state index contributed by atoms with van der Waals surface area (Å²) >= 11 is 2.68. The van der Waals surface area contributed by atoms with Gasteiger partial charge in [-0.05, 0) is 6.07 Å². The zero-order chi connectivity index (χ0) is 17.4. The van der Waals surface area contributed by atoms with Gasteiger partial charge in [0.1, 0.15) is 5.75 Å². The summed E-state index contributed by atoms with van der Waals surface area (Å²) in [5, 5.41) is -0.514. The second kappa shape index (κ2) is 6.38. The second-order valence-corrected chi connectivity index (χ2v) is 4.85. The van der Waals surface area contributed by atoms with Crippen LogP contribution in [0.2, 0.25) is 0 Å². The molecule has 0 aliphatic carbocycles. The van der Waals surface area contributed by atoms with Gasteiger partial charge in [0.25, 0.3) is 0 Å². The minimum Gasteiger partial charge on any atom is -0.405 e. The molecule has 2 rings (SSSR count). The van der Waals surface area contributed by atoms with E-state index < -0.39 is 57.4 Å². The van der Waals surface area contributed by atoms with E-state index in [0.29, 0.717) is 0 Å². The number of halogens is 8. The predicted octanol–water partition coefficient (Wildman–Crippen LogP) is 5.70. The van der Waals surface area contributed by atoms with Crippen molar-refractivity contribution in [2.75, 3.05) is 0 Å². The Morgan fingerprint density at radius 2 is 1.39 bits per heavy atom. The summed E-state index contributed by atoms with van der Waals surface area (Å²) in [6, 6.07) is 3.89. The fourth-order valence-corrected chi connectivity index (χ4v) is 2.41. The predicted molar refractivity (Wildman–Crippen MR) is 71.0 cm³/mol. The quantitative estimate of drug-likeness (QED) is 0.363. The fourth-order valence-electron chi connectivity index (χ4n) is 1.92. The van der Waals surface area contributed by atoms with Crippen molar-refractivity contribution < 1.29 is 35.5 Å². The van der Waals surface area contributed by atoms with E-state index in [9.17, 15) is 30.7 Å². The normalized spacial score (nSPS) is 11.7. The summed E-state index contributed by atoms with van der Waals surface area (Å²) in [6.45, 7) is 0. The number of rotatable bonds is 3. The zero-order valence-corrected chi connectivity index (χ0v) is 12.5. The van der Waals surface area contributed by atoms with Crippen LogP contribution in [0, 0.1) is 23.3 Å². The van der Waals surface area contributed by atoms with Gasteiger partial charge in [-0.3, -0.25) is 0 Å². The molecule has 23 heavy (non-hydrogen) atoms. The number of para-hydroxylation sites is 1. The van der Waals surface area contributed by atoms with Gasteiger partial charge in [0.05, 0.1) is 5.56 Å². The third-order valence-electron chi connectivity index (χ3n) is 2.87. The van der Waals surface area contributed by atoms with Crippen LogP contribution in [-0.2, 0) is 5.33 Å². The minimum atomic E-state index is -5.14. The van der Waals surface area contributed by atoms with Crippen LogP contribution in [0.5, 0.6) is 5.75 Å². The summed E-state index contributed by atoms with van der Waals surface area (Å²) in [5.74, 6) is -7.99. The molecule has 0 amide bonds. The molecule has 0 bridgehead atoms. The van der Waals surface area contributed by atoms with Gasteiger partial charge < -0.3 is 4.74 Å². The summed E-state index contributed by atoms with van der Waals surface area (Å²) in [7, 11) is 0. The molecule has 0 saturated carbocycles. The van der Waals surface area contributed by atoms with E-state index in [4.69, 9.17) is 0 Å². The Labute approximate surface area is 133 Å². The van der Waals surface area contributed by atoms with E-state index in [1.54, 1.807) is 0 Å². The van der Waals surface area contributed by atoms with Crippen molar-refractivity contribution in [3.63, 3.8) is 0 Å². The van der Waals surface area contributed by atoms with Crippen molar-refractivity contribution in [1.29, 1.82) is 0 Å². The molecule has 0 aliphatic heterocycles. The summed E-state index contributed by atoms with van der Waals surface area (Å²) in [6.07, 6.45) is -5.14. The van der Waals surface area contributed by atoms with Gasteiger partial charge in [0.2, 0.25) is 0 Å². The number of hydrogen-bond acceptors (Lipinski definition) is 1. The topological polar surface area (TPSA) is 9.23 Å². The van der Waals surface area contributed by atoms with Gasteiger partial charge in [0.15, 0.2) is 23.3 Å². The molecule has 0 spiro atoms. The molecule has 0 radical (unpaired) electrons. The van der Waals surface area contributed by atoms with Crippen LogP contribution in [0.3, 0.4) is 0 Å². The van der Waals surface area contributed by atoms with Crippen molar-refractivity contribution in [3.05, 3.63) is 53.1 Å². The van der Waals surface area contributed by atoms with Gasteiger partial charge >= 0.3 is 6.36 Å². The number of hydrogen-bond donors (Lipinski definition) is 0. The van der Waals surface area contributed by atoms with Crippen LogP contribution in [-0.4, -0.2) is 6.36 Å². The maximum absolute atomic E-state index is 14.0. The first-order chi connectivity index (χ1) is 10.7. The number of alkyl halides is 4. The van der Waals surface area contributed by atoms with Crippen molar-refractivity contribution in [3.8, 4) is 16.9 Å². The third kappa shape index (κ3) is 3.44. The average molecular weight is 403 g/mol. The van der Waals surface area contributed by atoms with Crippen LogP contribution in [0.4, 0.5) is 30.7 Å². The molecule has 0 atom stereocenters. The highest BCUT2D eigenvalue weighted by atomic mass is 79.9. The lowest BCUT2D eigenvalue weighted by atomic mass is 10.0. The lowest BCUT2D eigenvalue weighted by Gasteiger charge is -2.15. The first-order valence-corrected chi connectivity index (χ1v) is 7.05. The van der Waals surface area contributed by atoms with Crippen molar-refractivity contribution in [2.45, 2.75) is 11.7 Å². The van der Waals surface area contributed by atoms with Crippen LogP contribution < -0.4 is 4.74 Å². The summed E-state index contributed by atoms with van der Waals surface area (Å²) in [4.78, 5) is 0. The largest absolute Gasteiger partial charge is 0.573 e. The molecule has 9 heteroatoms. The zero-order valence-electron chi connectivity index (χ0n) is 10.9. The Kier molecular flexibility index (Phi) is 4.88. The van der Waals surface area contributed by atoms with Gasteiger partial charge in [-0.15, -0.1) is 13.2 Å². The van der Waals surface area contributed by atoms with Crippen LogP contribution in [0.1, 0.15) is 5.56 Å². The molecule has 0 unspecified atom stereocenters. The maximum atomic E-state index is 14.0. The Morgan fingerprint density at radius 1 is 0.870 bits per heavy atom. The highest BCUT2D eigenvalue weighted by Gasteiger charge is 2.34. The van der Waals surface area contributed by atoms with Gasteiger partial charge in [-0.1, -0.05) is 34.1 Å². The fraction of sp³-hybridized carbons (Fsp3) is 0.143. The Morgan fingerprint density at radius 3 is 1.87 bits per heavy atom. The highest BCUT2D eigenvalue weighted by molar-refractivity contribution is 9.08. The Bertz CT molecular complexity index is 714.